The fourth-order valence-corrected chi connectivity index (χ4v) is 2.22. The molecule has 0 saturated heterocycles. The number of hydrogen-bond donors (Lipinski definition) is 1. The van der Waals surface area contributed by atoms with E-state index in [1.54, 1.807) is 0 Å². The van der Waals surface area contributed by atoms with Crippen molar-refractivity contribution in [1.29, 1.82) is 0 Å². The number of nitrogens with two attached hydrogens (primary N) is 1. The van der Waals surface area contributed by atoms with E-state index in [1.165, 1.54) is 16.6 Å². The Morgan fingerprint density at radius 3 is 2.62 bits per heavy atom. The van der Waals surface area contributed by atoms with Gasteiger partial charge in [0, 0.05) is 23.7 Å². The van der Waals surface area contributed by atoms with E-state index in [-0.39, 0.29) is 5.41 Å². The van der Waals surface area contributed by atoms with Gasteiger partial charge in [0.25, 0.3) is 0 Å². The quantitative estimate of drug-likeness (QED) is 0.803. The van der Waals surface area contributed by atoms with Gasteiger partial charge in [0.05, 0.1) is 6.61 Å². The van der Waals surface area contributed by atoms with Gasteiger partial charge in [-0.3, -0.25) is 0 Å². The lowest BCUT2D eigenvalue weighted by Crippen LogP contribution is -2.28. The van der Waals surface area contributed by atoms with E-state index < -0.39 is 0 Å². The number of fused-ring (bicyclic) bond motifs is 1. The Morgan fingerprint density at radius 2 is 2.00 bits per heavy atom. The van der Waals surface area contributed by atoms with Crippen molar-refractivity contribution in [1.82, 2.24) is 4.57 Å². The highest BCUT2D eigenvalue weighted by atomic mass is 16.6. The molecule has 0 amide bonds. The topological polar surface area (TPSA) is 40.2 Å². The average molecular weight is 218 g/mol. The first-order chi connectivity index (χ1) is 7.56. The largest absolute Gasteiger partial charge is 0.347 e. The van der Waals surface area contributed by atoms with Crippen molar-refractivity contribution in [3.05, 3.63) is 36.0 Å². The zero-order chi connectivity index (χ0) is 11.8. The fraction of sp³-hybridized carbons (Fsp3) is 0.385. The molecule has 0 aliphatic carbocycles. The van der Waals surface area contributed by atoms with Gasteiger partial charge >= 0.3 is 0 Å². The monoisotopic (exact) mass is 218 g/mol. The molecule has 1 aromatic heterocycles. The van der Waals surface area contributed by atoms with Crippen LogP contribution < -0.4 is 5.90 Å². The Morgan fingerprint density at radius 1 is 1.31 bits per heavy atom. The van der Waals surface area contributed by atoms with Crippen LogP contribution in [-0.2, 0) is 17.3 Å². The molecular formula is C13H18N2O. The highest BCUT2D eigenvalue weighted by Gasteiger charge is 2.24. The number of rotatable bonds is 3. The molecule has 0 aliphatic heterocycles. The van der Waals surface area contributed by atoms with Crippen LogP contribution in [0.25, 0.3) is 10.9 Å². The van der Waals surface area contributed by atoms with Crippen molar-refractivity contribution in [2.24, 2.45) is 12.9 Å². The SMILES string of the molecule is Cn1c(C(C)(C)CON)cc2ccccc21. The van der Waals surface area contributed by atoms with Gasteiger partial charge in [-0.25, -0.2) is 5.90 Å². The lowest BCUT2D eigenvalue weighted by atomic mass is 9.90. The van der Waals surface area contributed by atoms with Crippen molar-refractivity contribution in [2.75, 3.05) is 6.61 Å². The van der Waals surface area contributed by atoms with Gasteiger partial charge in [0.1, 0.15) is 0 Å². The fourth-order valence-electron chi connectivity index (χ4n) is 2.22. The molecule has 86 valence electrons. The second-order valence-corrected chi connectivity index (χ2v) is 4.84. The van der Waals surface area contributed by atoms with Crippen LogP contribution in [0.5, 0.6) is 0 Å². The molecule has 2 rings (SSSR count). The van der Waals surface area contributed by atoms with Crippen LogP contribution in [0, 0.1) is 0 Å². The molecule has 0 atom stereocenters. The Hall–Kier alpha value is -1.32. The van der Waals surface area contributed by atoms with Crippen molar-refractivity contribution >= 4 is 10.9 Å². The number of hydrogen-bond acceptors (Lipinski definition) is 2. The summed E-state index contributed by atoms with van der Waals surface area (Å²) in [5, 5.41) is 1.25. The minimum atomic E-state index is -0.0808. The van der Waals surface area contributed by atoms with Gasteiger partial charge in [-0.1, -0.05) is 32.0 Å². The normalized spacial score (nSPS) is 12.2. The molecule has 3 nitrogen and oxygen atoms in total. The van der Waals surface area contributed by atoms with Gasteiger partial charge in [-0.2, -0.15) is 0 Å². The van der Waals surface area contributed by atoms with Crippen LogP contribution in [-0.4, -0.2) is 11.2 Å². The lowest BCUT2D eigenvalue weighted by molar-refractivity contribution is 0.0940. The van der Waals surface area contributed by atoms with Crippen molar-refractivity contribution in [2.45, 2.75) is 19.3 Å². The summed E-state index contributed by atoms with van der Waals surface area (Å²) in [7, 11) is 2.08. The maximum absolute atomic E-state index is 5.19. The van der Waals surface area contributed by atoms with Crippen molar-refractivity contribution in [3.63, 3.8) is 0 Å². The molecule has 0 unspecified atom stereocenters. The highest BCUT2D eigenvalue weighted by Crippen LogP contribution is 2.28. The molecular weight excluding hydrogens is 200 g/mol. The second kappa shape index (κ2) is 3.92. The summed E-state index contributed by atoms with van der Waals surface area (Å²) in [5.41, 5.74) is 2.39. The predicted molar refractivity (Wildman–Crippen MR) is 66.1 cm³/mol. The van der Waals surface area contributed by atoms with Crippen LogP contribution in [0.15, 0.2) is 30.3 Å². The van der Waals surface area contributed by atoms with Crippen molar-refractivity contribution in [3.8, 4) is 0 Å². The molecule has 3 heteroatoms. The van der Waals surface area contributed by atoms with Crippen LogP contribution in [0.2, 0.25) is 0 Å². The number of nitrogens with zero attached hydrogens (tertiary/aromatic N) is 1. The Kier molecular flexibility index (Phi) is 2.74. The molecule has 1 aromatic carbocycles. The molecule has 0 fully saturated rings. The Labute approximate surface area is 95.8 Å². The minimum Gasteiger partial charge on any atom is -0.347 e. The zero-order valence-electron chi connectivity index (χ0n) is 10.0. The third-order valence-electron chi connectivity index (χ3n) is 3.09. The first-order valence-electron chi connectivity index (χ1n) is 5.43. The molecule has 0 saturated carbocycles. The van der Waals surface area contributed by atoms with Crippen molar-refractivity contribution < 1.29 is 4.84 Å². The summed E-state index contributed by atoms with van der Waals surface area (Å²) in [5.74, 6) is 5.19. The summed E-state index contributed by atoms with van der Waals surface area (Å²) in [6, 6.07) is 10.6. The minimum absolute atomic E-state index is 0.0808. The molecule has 0 bridgehead atoms. The number of para-hydroxylation sites is 1. The third-order valence-corrected chi connectivity index (χ3v) is 3.09. The van der Waals surface area contributed by atoms with E-state index in [0.29, 0.717) is 6.61 Å². The number of aromatic nitrogens is 1. The van der Waals surface area contributed by atoms with Gasteiger partial charge < -0.3 is 9.40 Å². The molecule has 2 aromatic rings. The highest BCUT2D eigenvalue weighted by molar-refractivity contribution is 5.81. The van der Waals surface area contributed by atoms with Crippen LogP contribution in [0.3, 0.4) is 0 Å². The number of benzene rings is 1. The van der Waals surface area contributed by atoms with Crippen LogP contribution in [0.1, 0.15) is 19.5 Å². The first-order valence-corrected chi connectivity index (χ1v) is 5.43. The molecule has 1 heterocycles. The summed E-state index contributed by atoms with van der Waals surface area (Å²) in [4.78, 5) is 4.80. The smallest absolute Gasteiger partial charge is 0.0784 e. The maximum Gasteiger partial charge on any atom is 0.0784 e. The van der Waals surface area contributed by atoms with E-state index in [9.17, 15) is 0 Å². The zero-order valence-corrected chi connectivity index (χ0v) is 10.0. The predicted octanol–water partition coefficient (Wildman–Crippen LogP) is 2.35. The lowest BCUT2D eigenvalue weighted by Gasteiger charge is -2.24. The van der Waals surface area contributed by atoms with E-state index in [2.05, 4.69) is 55.8 Å². The average Bonchev–Trinajstić information content (AvgIpc) is 2.58. The molecule has 0 aliphatic rings. The standard InChI is InChI=1S/C13H18N2O/c1-13(2,9-16-14)12-8-10-6-4-5-7-11(10)15(12)3/h4-8H,9,14H2,1-3H3. The van der Waals surface area contributed by atoms with E-state index in [0.717, 1.165) is 0 Å². The Balaban J connectivity index is 2.57. The summed E-state index contributed by atoms with van der Waals surface area (Å²) >= 11 is 0. The van der Waals surface area contributed by atoms with E-state index in [4.69, 9.17) is 10.7 Å². The van der Waals surface area contributed by atoms with E-state index >= 15 is 0 Å². The maximum atomic E-state index is 5.19. The molecule has 2 N–H and O–H groups in total. The molecule has 0 spiro atoms. The van der Waals surface area contributed by atoms with Gasteiger partial charge in [-0.15, -0.1) is 0 Å². The van der Waals surface area contributed by atoms with E-state index in [1.807, 2.05) is 0 Å². The first kappa shape index (κ1) is 11.2. The third kappa shape index (κ3) is 1.72. The van der Waals surface area contributed by atoms with Gasteiger partial charge in [0.15, 0.2) is 0 Å². The van der Waals surface area contributed by atoms with Gasteiger partial charge in [-0.05, 0) is 17.5 Å². The second-order valence-electron chi connectivity index (χ2n) is 4.84. The summed E-state index contributed by atoms with van der Waals surface area (Å²) < 4.78 is 2.20. The molecule has 16 heavy (non-hydrogen) atoms. The molecule has 0 radical (unpaired) electrons. The Bertz CT molecular complexity index is 500. The summed E-state index contributed by atoms with van der Waals surface area (Å²) in [6.45, 7) is 4.78. The summed E-state index contributed by atoms with van der Waals surface area (Å²) in [6.07, 6.45) is 0. The van der Waals surface area contributed by atoms with Crippen LogP contribution in [0.4, 0.5) is 0 Å². The van der Waals surface area contributed by atoms with Crippen LogP contribution >= 0.6 is 0 Å². The van der Waals surface area contributed by atoms with Gasteiger partial charge in [0.2, 0.25) is 0 Å². The number of aryl methyl sites for hydroxylation is 1.